The number of Topliss-reactive ketones (excluding diaryl/α,β-unsaturated/α-hetero) is 1. The van der Waals surface area contributed by atoms with E-state index in [-0.39, 0.29) is 23.4 Å². The van der Waals surface area contributed by atoms with E-state index >= 15 is 0 Å². The van der Waals surface area contributed by atoms with Crippen LogP contribution in [0.25, 0.3) is 0 Å². The van der Waals surface area contributed by atoms with E-state index < -0.39 is 6.10 Å². The summed E-state index contributed by atoms with van der Waals surface area (Å²) in [5.41, 5.74) is 1.59. The highest BCUT2D eigenvalue weighted by Crippen LogP contribution is 2.18. The number of ether oxygens (including phenoxy) is 1. The van der Waals surface area contributed by atoms with E-state index in [1.54, 1.807) is 67.6 Å². The third-order valence-electron chi connectivity index (χ3n) is 4.08. The lowest BCUT2D eigenvalue weighted by Gasteiger charge is -2.15. The lowest BCUT2D eigenvalue weighted by molar-refractivity contribution is -0.122. The first-order valence-electron chi connectivity index (χ1n) is 8.96. The zero-order chi connectivity index (χ0) is 20.8. The summed E-state index contributed by atoms with van der Waals surface area (Å²) in [4.78, 5) is 35.8. The van der Waals surface area contributed by atoms with Gasteiger partial charge in [0.15, 0.2) is 17.6 Å². The molecule has 148 valence electrons. The summed E-state index contributed by atoms with van der Waals surface area (Å²) >= 11 is 0. The Kier molecular flexibility index (Phi) is 6.09. The molecule has 0 saturated carbocycles. The monoisotopic (exact) mass is 392 g/mol. The van der Waals surface area contributed by atoms with Crippen LogP contribution >= 0.6 is 0 Å². The van der Waals surface area contributed by atoms with E-state index in [2.05, 4.69) is 10.6 Å². The molecule has 0 saturated heterocycles. The smallest absolute Gasteiger partial charge is 0.291 e. The highest BCUT2D eigenvalue weighted by molar-refractivity contribution is 6.03. The molecule has 0 bridgehead atoms. The van der Waals surface area contributed by atoms with Crippen molar-refractivity contribution < 1.29 is 23.5 Å². The van der Waals surface area contributed by atoms with Gasteiger partial charge in [-0.15, -0.1) is 0 Å². The van der Waals surface area contributed by atoms with Gasteiger partial charge in [-0.1, -0.05) is 6.07 Å². The first-order valence-corrected chi connectivity index (χ1v) is 8.96. The number of rotatable bonds is 7. The summed E-state index contributed by atoms with van der Waals surface area (Å²) in [6.07, 6.45) is 0.653. The zero-order valence-corrected chi connectivity index (χ0v) is 16.0. The fraction of sp³-hybridized carbons (Fsp3) is 0.136. The molecule has 2 N–H and O–H groups in total. The molecule has 0 radical (unpaired) electrons. The number of benzene rings is 2. The molecular weight excluding hydrogens is 372 g/mol. The number of carbonyl (C=O) groups is 3. The van der Waals surface area contributed by atoms with Crippen LogP contribution < -0.4 is 15.4 Å². The van der Waals surface area contributed by atoms with E-state index in [4.69, 9.17) is 9.15 Å². The van der Waals surface area contributed by atoms with E-state index in [9.17, 15) is 14.4 Å². The van der Waals surface area contributed by atoms with Crippen LogP contribution in [0.5, 0.6) is 5.75 Å². The molecule has 1 heterocycles. The van der Waals surface area contributed by atoms with Gasteiger partial charge in [-0.05, 0) is 68.4 Å². The fourth-order valence-corrected chi connectivity index (χ4v) is 2.54. The number of nitrogens with one attached hydrogen (secondary N) is 2. The minimum atomic E-state index is -0.764. The molecule has 0 aliphatic heterocycles. The van der Waals surface area contributed by atoms with Crippen molar-refractivity contribution in [2.45, 2.75) is 20.0 Å². The van der Waals surface area contributed by atoms with E-state index in [0.717, 1.165) is 0 Å². The van der Waals surface area contributed by atoms with Crippen LogP contribution in [0, 0.1) is 0 Å². The first-order chi connectivity index (χ1) is 13.9. The van der Waals surface area contributed by atoms with Crippen molar-refractivity contribution in [3.63, 3.8) is 0 Å². The molecule has 0 aliphatic rings. The predicted molar refractivity (Wildman–Crippen MR) is 108 cm³/mol. The summed E-state index contributed by atoms with van der Waals surface area (Å²) < 4.78 is 10.7. The maximum Gasteiger partial charge on any atom is 0.291 e. The zero-order valence-electron chi connectivity index (χ0n) is 16.0. The maximum atomic E-state index is 12.4. The Labute approximate surface area is 167 Å². The minimum Gasteiger partial charge on any atom is -0.481 e. The number of amides is 2. The Bertz CT molecular complexity index is 1010. The van der Waals surface area contributed by atoms with Gasteiger partial charge < -0.3 is 19.8 Å². The van der Waals surface area contributed by atoms with Gasteiger partial charge in [0.1, 0.15) is 5.75 Å². The largest absolute Gasteiger partial charge is 0.481 e. The highest BCUT2D eigenvalue weighted by atomic mass is 16.5. The van der Waals surface area contributed by atoms with Crippen molar-refractivity contribution in [3.8, 4) is 5.75 Å². The van der Waals surface area contributed by atoms with Crippen LogP contribution in [-0.2, 0) is 4.79 Å². The molecule has 7 nitrogen and oxygen atoms in total. The molecule has 0 spiro atoms. The molecule has 2 amide bonds. The summed E-state index contributed by atoms with van der Waals surface area (Å²) in [6.45, 7) is 3.11. The van der Waals surface area contributed by atoms with Gasteiger partial charge in [0.05, 0.1) is 6.26 Å². The average molecular weight is 392 g/mol. The quantitative estimate of drug-likeness (QED) is 0.589. The van der Waals surface area contributed by atoms with Crippen molar-refractivity contribution in [1.29, 1.82) is 0 Å². The lowest BCUT2D eigenvalue weighted by Crippen LogP contribution is -2.30. The third-order valence-corrected chi connectivity index (χ3v) is 4.08. The van der Waals surface area contributed by atoms with Crippen LogP contribution in [0.2, 0.25) is 0 Å². The van der Waals surface area contributed by atoms with Gasteiger partial charge in [0, 0.05) is 16.9 Å². The van der Waals surface area contributed by atoms with Gasteiger partial charge >= 0.3 is 0 Å². The summed E-state index contributed by atoms with van der Waals surface area (Å²) in [5.74, 6) is -0.102. The molecule has 1 aromatic heterocycles. The summed E-state index contributed by atoms with van der Waals surface area (Å²) in [5, 5.41) is 5.45. The van der Waals surface area contributed by atoms with Crippen LogP contribution in [0.1, 0.15) is 34.8 Å². The number of anilines is 2. The van der Waals surface area contributed by atoms with E-state index in [1.807, 2.05) is 0 Å². The number of hydrogen-bond acceptors (Lipinski definition) is 5. The second-order valence-electron chi connectivity index (χ2n) is 6.34. The molecule has 7 heteroatoms. The summed E-state index contributed by atoms with van der Waals surface area (Å²) in [6, 6.07) is 16.5. The van der Waals surface area contributed by atoms with Crippen LogP contribution in [0.3, 0.4) is 0 Å². The first kappa shape index (κ1) is 19.9. The Balaban J connectivity index is 1.59. The van der Waals surface area contributed by atoms with Crippen LogP contribution in [-0.4, -0.2) is 23.7 Å². The second-order valence-corrected chi connectivity index (χ2v) is 6.34. The van der Waals surface area contributed by atoms with Gasteiger partial charge in [-0.25, -0.2) is 0 Å². The van der Waals surface area contributed by atoms with Crippen molar-refractivity contribution in [1.82, 2.24) is 0 Å². The normalized spacial score (nSPS) is 11.4. The van der Waals surface area contributed by atoms with Crippen LogP contribution in [0.15, 0.2) is 71.3 Å². The fourth-order valence-electron chi connectivity index (χ4n) is 2.54. The SMILES string of the molecule is CC(=O)c1ccc(O[C@@H](C)C(=O)Nc2cccc(NC(=O)c3ccco3)c2)cc1. The minimum absolute atomic E-state index is 0.0404. The standard InChI is InChI=1S/C22H20N2O5/c1-14(25)16-8-10-19(11-9-16)29-15(2)21(26)23-17-5-3-6-18(13-17)24-22(27)20-7-4-12-28-20/h3-13,15H,1-2H3,(H,23,26)(H,24,27)/t15-/m0/s1. The molecule has 0 aliphatic carbocycles. The molecule has 3 aromatic rings. The Morgan fingerprint density at radius 3 is 2.24 bits per heavy atom. The van der Waals surface area contributed by atoms with E-state index in [0.29, 0.717) is 22.7 Å². The molecular formula is C22H20N2O5. The van der Waals surface area contributed by atoms with Crippen molar-refractivity contribution >= 4 is 29.0 Å². The molecule has 2 aromatic carbocycles. The van der Waals surface area contributed by atoms with Crippen molar-refractivity contribution in [2.75, 3.05) is 10.6 Å². The van der Waals surface area contributed by atoms with Gasteiger partial charge in [-0.2, -0.15) is 0 Å². The average Bonchev–Trinajstić information content (AvgIpc) is 3.23. The highest BCUT2D eigenvalue weighted by Gasteiger charge is 2.16. The summed E-state index contributed by atoms with van der Waals surface area (Å²) in [7, 11) is 0. The molecule has 1 atom stereocenters. The topological polar surface area (TPSA) is 97.6 Å². The van der Waals surface area contributed by atoms with E-state index in [1.165, 1.54) is 13.2 Å². The molecule has 0 fully saturated rings. The Morgan fingerprint density at radius 2 is 1.62 bits per heavy atom. The predicted octanol–water partition coefficient (Wildman–Crippen LogP) is 4.14. The van der Waals surface area contributed by atoms with Gasteiger partial charge in [-0.3, -0.25) is 14.4 Å². The van der Waals surface area contributed by atoms with Crippen molar-refractivity contribution in [2.24, 2.45) is 0 Å². The lowest BCUT2D eigenvalue weighted by atomic mass is 10.1. The second kappa shape index (κ2) is 8.88. The number of hydrogen-bond donors (Lipinski definition) is 2. The van der Waals surface area contributed by atoms with Crippen molar-refractivity contribution in [3.05, 3.63) is 78.3 Å². The van der Waals surface area contributed by atoms with Gasteiger partial charge in [0.25, 0.3) is 11.8 Å². The maximum absolute atomic E-state index is 12.4. The molecule has 0 unspecified atom stereocenters. The van der Waals surface area contributed by atoms with Crippen LogP contribution in [0.4, 0.5) is 11.4 Å². The number of furan rings is 1. The third kappa shape index (κ3) is 5.32. The Hall–Kier alpha value is -3.87. The number of carbonyl (C=O) groups excluding carboxylic acids is 3. The van der Waals surface area contributed by atoms with Gasteiger partial charge in [0.2, 0.25) is 0 Å². The molecule has 3 rings (SSSR count). The molecule has 29 heavy (non-hydrogen) atoms. The Morgan fingerprint density at radius 1 is 0.931 bits per heavy atom. The number of ketones is 1.